The summed E-state index contributed by atoms with van der Waals surface area (Å²) in [6.45, 7) is 0.453. The fraction of sp³-hybridized carbons (Fsp3) is 0.0714. The Labute approximate surface area is 124 Å². The minimum absolute atomic E-state index is 0.0840. The van der Waals surface area contributed by atoms with E-state index in [0.29, 0.717) is 17.8 Å². The highest BCUT2D eigenvalue weighted by Gasteiger charge is 2.15. The SMILES string of the molecule is O=C(NCc1ccccc1)c1nc(Cl)nc2ccsc12. The van der Waals surface area contributed by atoms with Crippen LogP contribution >= 0.6 is 22.9 Å². The topological polar surface area (TPSA) is 54.9 Å². The van der Waals surface area contributed by atoms with Gasteiger partial charge in [0, 0.05) is 6.54 Å². The number of nitrogens with zero attached hydrogens (tertiary/aromatic N) is 2. The summed E-state index contributed by atoms with van der Waals surface area (Å²) in [5.74, 6) is -0.245. The van der Waals surface area contributed by atoms with Crippen LogP contribution in [0.1, 0.15) is 16.1 Å². The lowest BCUT2D eigenvalue weighted by atomic mass is 10.2. The molecule has 4 nitrogen and oxygen atoms in total. The summed E-state index contributed by atoms with van der Waals surface area (Å²) >= 11 is 7.27. The van der Waals surface area contributed by atoms with Crippen LogP contribution in [0, 0.1) is 0 Å². The molecule has 2 heterocycles. The Hall–Kier alpha value is -1.98. The summed E-state index contributed by atoms with van der Waals surface area (Å²) < 4.78 is 0.750. The van der Waals surface area contributed by atoms with Gasteiger partial charge in [0.05, 0.1) is 10.2 Å². The molecule has 6 heteroatoms. The fourth-order valence-electron chi connectivity index (χ4n) is 1.85. The molecule has 20 heavy (non-hydrogen) atoms. The van der Waals surface area contributed by atoms with Crippen molar-refractivity contribution in [3.05, 3.63) is 58.3 Å². The molecule has 0 saturated heterocycles. The lowest BCUT2D eigenvalue weighted by Gasteiger charge is -2.05. The third-order valence-corrected chi connectivity index (χ3v) is 3.87. The number of thiophene rings is 1. The zero-order valence-electron chi connectivity index (χ0n) is 10.3. The number of carbonyl (C=O) groups is 1. The molecule has 0 unspecified atom stereocenters. The minimum atomic E-state index is -0.245. The third kappa shape index (κ3) is 2.64. The van der Waals surface area contributed by atoms with Gasteiger partial charge in [0.2, 0.25) is 5.28 Å². The molecule has 0 spiro atoms. The number of hydrogen-bond donors (Lipinski definition) is 1. The van der Waals surface area contributed by atoms with Crippen LogP contribution in [0.5, 0.6) is 0 Å². The molecule has 0 aliphatic heterocycles. The largest absolute Gasteiger partial charge is 0.347 e. The van der Waals surface area contributed by atoms with E-state index in [4.69, 9.17) is 11.6 Å². The Morgan fingerprint density at radius 3 is 2.80 bits per heavy atom. The number of fused-ring (bicyclic) bond motifs is 1. The molecular weight excluding hydrogens is 294 g/mol. The Morgan fingerprint density at radius 1 is 1.20 bits per heavy atom. The van der Waals surface area contributed by atoms with Crippen molar-refractivity contribution >= 4 is 39.1 Å². The quantitative estimate of drug-likeness (QED) is 0.756. The average molecular weight is 304 g/mol. The second-order valence-electron chi connectivity index (χ2n) is 4.14. The first-order valence-corrected chi connectivity index (χ1v) is 7.22. The Kier molecular flexibility index (Phi) is 3.62. The van der Waals surface area contributed by atoms with E-state index < -0.39 is 0 Å². The van der Waals surface area contributed by atoms with Gasteiger partial charge in [-0.05, 0) is 28.6 Å². The molecule has 3 aromatic rings. The van der Waals surface area contributed by atoms with Crippen LogP contribution in [0.3, 0.4) is 0 Å². The number of nitrogens with one attached hydrogen (secondary N) is 1. The van der Waals surface area contributed by atoms with Crippen LogP contribution in [0.15, 0.2) is 41.8 Å². The molecule has 0 radical (unpaired) electrons. The molecule has 1 N–H and O–H groups in total. The summed E-state index contributed by atoms with van der Waals surface area (Å²) in [6.07, 6.45) is 0. The van der Waals surface area contributed by atoms with E-state index in [2.05, 4.69) is 15.3 Å². The van der Waals surface area contributed by atoms with Gasteiger partial charge in [0.25, 0.3) is 5.91 Å². The fourth-order valence-corrected chi connectivity index (χ4v) is 2.84. The van der Waals surface area contributed by atoms with Crippen LogP contribution in [0.2, 0.25) is 5.28 Å². The standard InChI is InChI=1S/C14H10ClN3OS/c15-14-17-10-6-7-20-12(10)11(18-14)13(19)16-8-9-4-2-1-3-5-9/h1-7H,8H2,(H,16,19). The van der Waals surface area contributed by atoms with Crippen LogP contribution < -0.4 is 5.32 Å². The number of carbonyl (C=O) groups excluding carboxylic acids is 1. The molecule has 3 rings (SSSR count). The number of rotatable bonds is 3. The van der Waals surface area contributed by atoms with E-state index in [1.807, 2.05) is 41.8 Å². The van der Waals surface area contributed by atoms with E-state index in [-0.39, 0.29) is 11.2 Å². The zero-order chi connectivity index (χ0) is 13.9. The van der Waals surface area contributed by atoms with Gasteiger partial charge in [-0.2, -0.15) is 0 Å². The molecule has 0 aliphatic rings. The number of halogens is 1. The molecule has 0 aliphatic carbocycles. The summed E-state index contributed by atoms with van der Waals surface area (Å²) in [5, 5.41) is 4.79. The monoisotopic (exact) mass is 303 g/mol. The van der Waals surface area contributed by atoms with E-state index in [0.717, 1.165) is 10.3 Å². The molecule has 1 amide bonds. The van der Waals surface area contributed by atoms with Gasteiger partial charge < -0.3 is 5.32 Å². The van der Waals surface area contributed by atoms with Crippen LogP contribution in [0.25, 0.3) is 10.2 Å². The maximum Gasteiger partial charge on any atom is 0.271 e. The van der Waals surface area contributed by atoms with Crippen molar-refractivity contribution in [2.45, 2.75) is 6.54 Å². The van der Waals surface area contributed by atoms with E-state index in [9.17, 15) is 4.79 Å². The smallest absolute Gasteiger partial charge is 0.271 e. The van der Waals surface area contributed by atoms with E-state index in [1.54, 1.807) is 0 Å². The summed E-state index contributed by atoms with van der Waals surface area (Å²) in [5.41, 5.74) is 2.05. The molecule has 0 saturated carbocycles. The first kappa shape index (κ1) is 13.0. The Bertz CT molecular complexity index is 757. The van der Waals surface area contributed by atoms with Crippen LogP contribution in [-0.4, -0.2) is 15.9 Å². The highest BCUT2D eigenvalue weighted by atomic mass is 35.5. The third-order valence-electron chi connectivity index (χ3n) is 2.79. The van der Waals surface area contributed by atoms with Gasteiger partial charge in [-0.1, -0.05) is 30.3 Å². The minimum Gasteiger partial charge on any atom is -0.347 e. The first-order valence-electron chi connectivity index (χ1n) is 5.97. The number of aromatic nitrogens is 2. The van der Waals surface area contributed by atoms with Gasteiger partial charge in [0.15, 0.2) is 5.69 Å². The van der Waals surface area contributed by atoms with Gasteiger partial charge in [-0.25, -0.2) is 9.97 Å². The Morgan fingerprint density at radius 2 is 2.00 bits per heavy atom. The van der Waals surface area contributed by atoms with E-state index in [1.165, 1.54) is 11.3 Å². The van der Waals surface area contributed by atoms with Crippen molar-refractivity contribution in [3.63, 3.8) is 0 Å². The average Bonchev–Trinajstić information content (AvgIpc) is 2.93. The molecule has 100 valence electrons. The molecule has 1 aromatic carbocycles. The van der Waals surface area contributed by atoms with Crippen molar-refractivity contribution in [2.24, 2.45) is 0 Å². The lowest BCUT2D eigenvalue weighted by molar-refractivity contribution is 0.0948. The maximum absolute atomic E-state index is 12.2. The summed E-state index contributed by atoms with van der Waals surface area (Å²) in [7, 11) is 0. The summed E-state index contributed by atoms with van der Waals surface area (Å²) in [6, 6.07) is 11.5. The van der Waals surface area contributed by atoms with Crippen molar-refractivity contribution in [1.82, 2.24) is 15.3 Å². The van der Waals surface area contributed by atoms with Crippen molar-refractivity contribution in [2.75, 3.05) is 0 Å². The second-order valence-corrected chi connectivity index (χ2v) is 5.40. The van der Waals surface area contributed by atoms with Gasteiger partial charge >= 0.3 is 0 Å². The second kappa shape index (κ2) is 5.56. The van der Waals surface area contributed by atoms with Gasteiger partial charge in [-0.3, -0.25) is 4.79 Å². The summed E-state index contributed by atoms with van der Waals surface area (Å²) in [4.78, 5) is 20.3. The number of benzene rings is 1. The first-order chi connectivity index (χ1) is 9.74. The number of hydrogen-bond acceptors (Lipinski definition) is 4. The van der Waals surface area contributed by atoms with Crippen molar-refractivity contribution < 1.29 is 4.79 Å². The molecule has 2 aromatic heterocycles. The highest BCUT2D eigenvalue weighted by Crippen LogP contribution is 2.23. The maximum atomic E-state index is 12.2. The molecule has 0 atom stereocenters. The van der Waals surface area contributed by atoms with Crippen molar-refractivity contribution in [1.29, 1.82) is 0 Å². The van der Waals surface area contributed by atoms with Crippen LogP contribution in [-0.2, 0) is 6.54 Å². The predicted octanol–water partition coefficient (Wildman–Crippen LogP) is 3.27. The van der Waals surface area contributed by atoms with Crippen molar-refractivity contribution in [3.8, 4) is 0 Å². The highest BCUT2D eigenvalue weighted by molar-refractivity contribution is 7.17. The molecule has 0 fully saturated rings. The number of amides is 1. The molecular formula is C14H10ClN3OS. The van der Waals surface area contributed by atoms with Gasteiger partial charge in [-0.15, -0.1) is 11.3 Å². The Balaban J connectivity index is 1.84. The molecule has 0 bridgehead atoms. The van der Waals surface area contributed by atoms with E-state index >= 15 is 0 Å². The van der Waals surface area contributed by atoms with Crippen LogP contribution in [0.4, 0.5) is 0 Å². The normalized spacial score (nSPS) is 10.7. The zero-order valence-corrected chi connectivity index (χ0v) is 11.9. The predicted molar refractivity (Wildman–Crippen MR) is 80.0 cm³/mol. The lowest BCUT2D eigenvalue weighted by Crippen LogP contribution is -2.24. The van der Waals surface area contributed by atoms with Gasteiger partial charge in [0.1, 0.15) is 0 Å².